The molecule has 0 aliphatic rings. The van der Waals surface area contributed by atoms with Crippen LogP contribution in [0.4, 0.5) is 0 Å². The predicted octanol–water partition coefficient (Wildman–Crippen LogP) is 0.796. The summed E-state index contributed by atoms with van der Waals surface area (Å²) in [7, 11) is 0. The SMILES string of the molecule is C=C[CH2-].CCC.OP(O)(O)=S.OP(O)(O)=S.[Zn]. The van der Waals surface area contributed by atoms with Crippen LogP contribution < -0.4 is 0 Å². The van der Waals surface area contributed by atoms with Crippen LogP contribution in [0.25, 0.3) is 0 Å². The molecule has 0 saturated heterocycles. The van der Waals surface area contributed by atoms with E-state index < -0.39 is 13.4 Å². The van der Waals surface area contributed by atoms with Gasteiger partial charge in [0.05, 0.1) is 0 Å². The fourth-order valence-corrected chi connectivity index (χ4v) is 0. The molecular formula is C6H19O6P2S2Zn-. The van der Waals surface area contributed by atoms with Crippen molar-refractivity contribution in [1.82, 2.24) is 0 Å². The van der Waals surface area contributed by atoms with Crippen LogP contribution in [-0.4, -0.2) is 29.4 Å². The topological polar surface area (TPSA) is 121 Å². The Morgan fingerprint density at radius 1 is 1.00 bits per heavy atom. The van der Waals surface area contributed by atoms with E-state index >= 15 is 0 Å². The normalized spacial score (nSPS) is 8.71. The third-order valence-corrected chi connectivity index (χ3v) is 0. The third kappa shape index (κ3) is 2420. The zero-order chi connectivity index (χ0) is 14.4. The molecular weight excluding hydrogens is 360 g/mol. The molecule has 0 fully saturated rings. The Hall–Kier alpha value is 1.29. The second-order valence-electron chi connectivity index (χ2n) is 2.02. The van der Waals surface area contributed by atoms with Gasteiger partial charge in [0.2, 0.25) is 0 Å². The molecule has 0 bridgehead atoms. The van der Waals surface area contributed by atoms with Crippen molar-refractivity contribution in [1.29, 1.82) is 0 Å². The van der Waals surface area contributed by atoms with Crippen molar-refractivity contribution in [3.05, 3.63) is 19.6 Å². The molecule has 0 unspecified atom stereocenters. The molecule has 0 rings (SSSR count). The van der Waals surface area contributed by atoms with Gasteiger partial charge in [0.15, 0.2) is 0 Å². The van der Waals surface area contributed by atoms with Gasteiger partial charge in [-0.2, -0.15) is 0 Å². The van der Waals surface area contributed by atoms with Crippen LogP contribution in [0.15, 0.2) is 12.7 Å². The average molecular weight is 379 g/mol. The maximum Gasteiger partial charge on any atom is 0.319 e. The zero-order valence-corrected chi connectivity index (χ0v) is 16.2. The van der Waals surface area contributed by atoms with Gasteiger partial charge in [0.1, 0.15) is 0 Å². The largest absolute Gasteiger partial charge is 0.325 e. The first-order valence-electron chi connectivity index (χ1n) is 3.80. The fraction of sp³-hybridized carbons (Fsp3) is 0.500. The summed E-state index contributed by atoms with van der Waals surface area (Å²) in [6.45, 7) is 3.14. The van der Waals surface area contributed by atoms with Gasteiger partial charge in [-0.1, -0.05) is 20.3 Å². The van der Waals surface area contributed by atoms with Crippen molar-refractivity contribution < 1.29 is 48.8 Å². The van der Waals surface area contributed by atoms with E-state index in [1.165, 1.54) is 12.5 Å². The Labute approximate surface area is 125 Å². The van der Waals surface area contributed by atoms with E-state index in [2.05, 4.69) is 51.0 Å². The van der Waals surface area contributed by atoms with Crippen molar-refractivity contribution in [3.63, 3.8) is 0 Å². The van der Waals surface area contributed by atoms with E-state index in [1.54, 1.807) is 0 Å². The van der Waals surface area contributed by atoms with E-state index in [4.69, 9.17) is 29.4 Å². The number of hydrogen-bond donors (Lipinski definition) is 6. The molecule has 6 nitrogen and oxygen atoms in total. The van der Waals surface area contributed by atoms with E-state index in [-0.39, 0.29) is 19.5 Å². The van der Waals surface area contributed by atoms with E-state index in [0.29, 0.717) is 0 Å². The summed E-state index contributed by atoms with van der Waals surface area (Å²) in [5.41, 5.74) is 0. The molecule has 0 heterocycles. The summed E-state index contributed by atoms with van der Waals surface area (Å²) >= 11 is 7.21. The molecule has 104 valence electrons. The van der Waals surface area contributed by atoms with Crippen molar-refractivity contribution in [2.24, 2.45) is 0 Å². The quantitative estimate of drug-likeness (QED) is 0.208. The molecule has 0 radical (unpaired) electrons. The number of rotatable bonds is 0. The molecule has 0 aromatic heterocycles. The first-order chi connectivity index (χ1) is 6.83. The van der Waals surface area contributed by atoms with Crippen molar-refractivity contribution in [2.45, 2.75) is 20.3 Å². The summed E-state index contributed by atoms with van der Waals surface area (Å²) in [5, 5.41) is 0. The zero-order valence-electron chi connectivity index (χ0n) is 9.80. The summed E-state index contributed by atoms with van der Waals surface area (Å²) in [6.07, 6.45) is 2.75. The number of allylic oxidation sites excluding steroid dienone is 1. The van der Waals surface area contributed by atoms with E-state index in [0.717, 1.165) is 0 Å². The van der Waals surface area contributed by atoms with Gasteiger partial charge >= 0.3 is 13.4 Å². The molecule has 11 heteroatoms. The number of hydrogen-bond acceptors (Lipinski definition) is 2. The Kier molecular flexibility index (Phi) is 35.7. The Balaban J connectivity index is -0.0000000381. The van der Waals surface area contributed by atoms with Gasteiger partial charge in [-0.15, -0.1) is 0 Å². The fourth-order valence-electron chi connectivity index (χ4n) is 0. The molecule has 0 atom stereocenters. The monoisotopic (exact) mass is 377 g/mol. The van der Waals surface area contributed by atoms with Crippen molar-refractivity contribution >= 4 is 37.1 Å². The van der Waals surface area contributed by atoms with Gasteiger partial charge in [0, 0.05) is 19.5 Å². The minimum absolute atomic E-state index is 0. The van der Waals surface area contributed by atoms with Crippen molar-refractivity contribution in [2.75, 3.05) is 0 Å². The Bertz CT molecular complexity index is 192. The molecule has 17 heavy (non-hydrogen) atoms. The van der Waals surface area contributed by atoms with Gasteiger partial charge in [-0.25, -0.2) is 19.6 Å². The maximum absolute atomic E-state index is 7.56. The summed E-state index contributed by atoms with van der Waals surface area (Å²) in [4.78, 5) is 45.3. The van der Waals surface area contributed by atoms with Crippen LogP contribution in [0, 0.1) is 6.92 Å². The minimum atomic E-state index is -3.81. The van der Waals surface area contributed by atoms with Gasteiger partial charge in [0.25, 0.3) is 0 Å². The summed E-state index contributed by atoms with van der Waals surface area (Å²) in [5.74, 6) is 0. The summed E-state index contributed by atoms with van der Waals surface area (Å²) in [6, 6.07) is 0. The molecule has 0 saturated carbocycles. The second-order valence-corrected chi connectivity index (χ2v) is 7.01. The first-order valence-corrected chi connectivity index (χ1v) is 9.12. The van der Waals surface area contributed by atoms with E-state index in [1.807, 2.05) is 0 Å². The molecule has 6 N–H and O–H groups in total. The van der Waals surface area contributed by atoms with Crippen LogP contribution in [-0.2, 0) is 43.1 Å². The van der Waals surface area contributed by atoms with Crippen LogP contribution >= 0.6 is 13.4 Å². The van der Waals surface area contributed by atoms with Crippen molar-refractivity contribution in [3.8, 4) is 0 Å². The molecule has 0 aliphatic carbocycles. The molecule has 0 aromatic carbocycles. The van der Waals surface area contributed by atoms with Crippen LogP contribution in [0.3, 0.4) is 0 Å². The Morgan fingerprint density at radius 2 is 1.00 bits per heavy atom. The first kappa shape index (κ1) is 31.0. The maximum atomic E-state index is 7.56. The third-order valence-electron chi connectivity index (χ3n) is 0. The summed E-state index contributed by atoms with van der Waals surface area (Å²) < 4.78 is 0. The minimum Gasteiger partial charge on any atom is -0.325 e. The average Bonchev–Trinajstić information content (AvgIpc) is 1.79. The van der Waals surface area contributed by atoms with Gasteiger partial charge in [-0.05, 0) is 23.6 Å². The molecule has 0 amide bonds. The predicted molar refractivity (Wildman–Crippen MR) is 73.4 cm³/mol. The molecule has 0 aromatic rings. The second kappa shape index (κ2) is 19.6. The molecule has 0 spiro atoms. The van der Waals surface area contributed by atoms with Gasteiger partial charge in [-0.3, -0.25) is 0 Å². The Morgan fingerprint density at radius 3 is 1.00 bits per heavy atom. The standard InChI is InChI=1S/C3H8.C3H5.2H3O3PS.Zn/c2*1-3-2;2*1-4(2,3)5;/h3H2,1-2H3;3H,1-2H2;2*(H3,1,2,3,5);/q;-1;;;. The van der Waals surface area contributed by atoms with Crippen LogP contribution in [0.1, 0.15) is 20.3 Å². The van der Waals surface area contributed by atoms with E-state index in [9.17, 15) is 0 Å². The molecule has 0 aliphatic heterocycles. The smallest absolute Gasteiger partial charge is 0.319 e. The van der Waals surface area contributed by atoms with Gasteiger partial charge < -0.3 is 29.4 Å². The van der Waals surface area contributed by atoms with Crippen LogP contribution in [0.5, 0.6) is 0 Å². The van der Waals surface area contributed by atoms with Crippen LogP contribution in [0.2, 0.25) is 0 Å².